The summed E-state index contributed by atoms with van der Waals surface area (Å²) < 4.78 is 0.717. The average molecular weight is 380 g/mol. The fourth-order valence-corrected chi connectivity index (χ4v) is 5.09. The summed E-state index contributed by atoms with van der Waals surface area (Å²) >= 11 is 6.94. The molecule has 2 aromatic carbocycles. The van der Waals surface area contributed by atoms with Crippen molar-refractivity contribution in [2.24, 2.45) is 0 Å². The molecule has 2 nitrogen and oxygen atoms in total. The van der Waals surface area contributed by atoms with E-state index in [1.807, 2.05) is 29.2 Å². The van der Waals surface area contributed by atoms with E-state index in [-0.39, 0.29) is 5.91 Å². The summed E-state index contributed by atoms with van der Waals surface area (Å²) in [5.74, 6) is 0.0824. The Labute approximate surface area is 164 Å². The van der Waals surface area contributed by atoms with E-state index in [4.69, 9.17) is 12.2 Å². The number of nitrogens with zero attached hydrogens (tertiary/aromatic N) is 1. The van der Waals surface area contributed by atoms with Gasteiger partial charge in [-0.3, -0.25) is 9.69 Å². The Kier molecular flexibility index (Phi) is 5.23. The maximum atomic E-state index is 12.9. The number of rotatable bonds is 3. The van der Waals surface area contributed by atoms with Crippen molar-refractivity contribution in [3.05, 3.63) is 65.1 Å². The number of carbonyl (C=O) groups excluding carboxylic acids is 1. The molecule has 1 aliphatic carbocycles. The van der Waals surface area contributed by atoms with E-state index < -0.39 is 0 Å². The van der Waals surface area contributed by atoms with Crippen LogP contribution in [-0.2, 0) is 4.79 Å². The van der Waals surface area contributed by atoms with Crippen LogP contribution in [0.1, 0.15) is 37.7 Å². The molecule has 0 spiro atoms. The fourth-order valence-electron chi connectivity index (χ4n) is 3.69. The molecule has 4 rings (SSSR count). The van der Waals surface area contributed by atoms with Crippen LogP contribution < -0.4 is 0 Å². The molecular formula is C22H21NOS2. The summed E-state index contributed by atoms with van der Waals surface area (Å²) in [6.45, 7) is 0. The Balaban J connectivity index is 1.53. The van der Waals surface area contributed by atoms with Gasteiger partial charge in [-0.15, -0.1) is 0 Å². The van der Waals surface area contributed by atoms with Gasteiger partial charge >= 0.3 is 0 Å². The highest BCUT2D eigenvalue weighted by Crippen LogP contribution is 2.37. The summed E-state index contributed by atoms with van der Waals surface area (Å²) in [4.78, 5) is 15.5. The van der Waals surface area contributed by atoms with Gasteiger partial charge in [-0.05, 0) is 35.6 Å². The maximum Gasteiger partial charge on any atom is 0.266 e. The van der Waals surface area contributed by atoms with Crippen molar-refractivity contribution in [1.29, 1.82) is 0 Å². The Morgan fingerprint density at radius 3 is 2.27 bits per heavy atom. The Hall–Kier alpha value is -1.91. The van der Waals surface area contributed by atoms with Crippen molar-refractivity contribution in [3.8, 4) is 11.1 Å². The van der Waals surface area contributed by atoms with E-state index in [9.17, 15) is 4.79 Å². The van der Waals surface area contributed by atoms with Gasteiger partial charge in [0.2, 0.25) is 0 Å². The van der Waals surface area contributed by atoms with Crippen LogP contribution >= 0.6 is 24.0 Å². The lowest BCUT2D eigenvalue weighted by Crippen LogP contribution is -2.39. The molecule has 0 N–H and O–H groups in total. The molecule has 2 aliphatic rings. The van der Waals surface area contributed by atoms with Crippen LogP contribution in [0.15, 0.2) is 59.5 Å². The second kappa shape index (κ2) is 7.77. The first-order valence-electron chi connectivity index (χ1n) is 9.15. The highest BCUT2D eigenvalue weighted by Gasteiger charge is 2.37. The van der Waals surface area contributed by atoms with Crippen LogP contribution in [0.5, 0.6) is 0 Å². The van der Waals surface area contributed by atoms with Crippen molar-refractivity contribution in [1.82, 2.24) is 4.90 Å². The van der Waals surface area contributed by atoms with Crippen LogP contribution in [0, 0.1) is 0 Å². The van der Waals surface area contributed by atoms with Gasteiger partial charge in [-0.25, -0.2) is 0 Å². The number of hydrogen-bond donors (Lipinski definition) is 0. The Bertz CT molecular complexity index is 836. The van der Waals surface area contributed by atoms with E-state index in [2.05, 4.69) is 36.4 Å². The summed E-state index contributed by atoms with van der Waals surface area (Å²) in [6.07, 6.45) is 7.78. The Morgan fingerprint density at radius 1 is 0.923 bits per heavy atom. The minimum Gasteiger partial charge on any atom is -0.290 e. The lowest BCUT2D eigenvalue weighted by atomic mass is 9.94. The number of thiocarbonyl (C=S) groups is 1. The third-order valence-electron chi connectivity index (χ3n) is 5.08. The SMILES string of the molecule is O=C1/C(=C/c2ccc(-c3ccccc3)cc2)SC(=S)N1C1CCCCC1. The fraction of sp³-hybridized carbons (Fsp3) is 0.273. The van der Waals surface area contributed by atoms with Crippen LogP contribution in [0.2, 0.25) is 0 Å². The third-order valence-corrected chi connectivity index (χ3v) is 6.41. The van der Waals surface area contributed by atoms with Gasteiger partial charge in [0.1, 0.15) is 4.32 Å². The van der Waals surface area contributed by atoms with E-state index in [0.29, 0.717) is 10.4 Å². The summed E-state index contributed by atoms with van der Waals surface area (Å²) in [5, 5.41) is 0. The zero-order chi connectivity index (χ0) is 17.9. The highest BCUT2D eigenvalue weighted by atomic mass is 32.2. The molecule has 1 saturated carbocycles. The normalized spacial score (nSPS) is 20.2. The number of carbonyl (C=O) groups is 1. The molecule has 2 aromatic rings. The van der Waals surface area contributed by atoms with Crippen molar-refractivity contribution >= 4 is 40.3 Å². The molecule has 0 bridgehead atoms. The van der Waals surface area contributed by atoms with Gasteiger partial charge < -0.3 is 0 Å². The molecule has 1 aliphatic heterocycles. The molecular weight excluding hydrogens is 358 g/mol. The Morgan fingerprint density at radius 2 is 1.58 bits per heavy atom. The molecule has 1 amide bonds. The molecule has 1 saturated heterocycles. The van der Waals surface area contributed by atoms with Gasteiger partial charge in [-0.1, -0.05) is 97.8 Å². The van der Waals surface area contributed by atoms with Gasteiger partial charge in [-0.2, -0.15) is 0 Å². The molecule has 0 radical (unpaired) electrons. The number of hydrogen-bond acceptors (Lipinski definition) is 3. The molecule has 2 fully saturated rings. The predicted molar refractivity (Wildman–Crippen MR) is 114 cm³/mol. The van der Waals surface area contributed by atoms with E-state index >= 15 is 0 Å². The average Bonchev–Trinajstić information content (AvgIpc) is 2.97. The van der Waals surface area contributed by atoms with E-state index in [1.54, 1.807) is 0 Å². The monoisotopic (exact) mass is 379 g/mol. The minimum absolute atomic E-state index is 0.0824. The van der Waals surface area contributed by atoms with Crippen LogP contribution in [-0.4, -0.2) is 21.2 Å². The summed E-state index contributed by atoms with van der Waals surface area (Å²) in [5.41, 5.74) is 3.41. The second-order valence-corrected chi connectivity index (χ2v) is 8.51. The van der Waals surface area contributed by atoms with Crippen molar-refractivity contribution < 1.29 is 4.79 Å². The number of benzene rings is 2. The highest BCUT2D eigenvalue weighted by molar-refractivity contribution is 8.26. The summed E-state index contributed by atoms with van der Waals surface area (Å²) in [6, 6.07) is 18.9. The molecule has 4 heteroatoms. The first-order chi connectivity index (χ1) is 12.7. The topological polar surface area (TPSA) is 20.3 Å². The number of thioether (sulfide) groups is 1. The predicted octanol–water partition coefficient (Wildman–Crippen LogP) is 5.89. The van der Waals surface area contributed by atoms with Crippen molar-refractivity contribution in [2.45, 2.75) is 38.1 Å². The van der Waals surface area contributed by atoms with E-state index in [0.717, 1.165) is 23.3 Å². The number of amides is 1. The lowest BCUT2D eigenvalue weighted by Gasteiger charge is -2.29. The standard InChI is InChI=1S/C22H21NOS2/c24-21-20(26-22(25)23(21)19-9-5-2-6-10-19)15-16-11-13-18(14-12-16)17-7-3-1-4-8-17/h1,3-4,7-8,11-15,19H,2,5-6,9-10H2/b20-15-. The van der Waals surface area contributed by atoms with Gasteiger partial charge in [0.15, 0.2) is 0 Å². The van der Waals surface area contributed by atoms with Crippen molar-refractivity contribution in [2.75, 3.05) is 0 Å². The first-order valence-corrected chi connectivity index (χ1v) is 10.4. The zero-order valence-electron chi connectivity index (χ0n) is 14.6. The van der Waals surface area contributed by atoms with Gasteiger partial charge in [0.05, 0.1) is 4.91 Å². The largest absolute Gasteiger partial charge is 0.290 e. The molecule has 1 heterocycles. The van der Waals surface area contributed by atoms with Crippen LogP contribution in [0.25, 0.3) is 17.2 Å². The minimum atomic E-state index is 0.0824. The smallest absolute Gasteiger partial charge is 0.266 e. The molecule has 132 valence electrons. The second-order valence-electron chi connectivity index (χ2n) is 6.83. The molecule has 0 unspecified atom stereocenters. The lowest BCUT2D eigenvalue weighted by molar-refractivity contribution is -0.124. The first kappa shape index (κ1) is 17.5. The van der Waals surface area contributed by atoms with Crippen LogP contribution in [0.4, 0.5) is 0 Å². The van der Waals surface area contributed by atoms with Gasteiger partial charge in [0.25, 0.3) is 5.91 Å². The van der Waals surface area contributed by atoms with Crippen molar-refractivity contribution in [3.63, 3.8) is 0 Å². The third kappa shape index (κ3) is 3.62. The van der Waals surface area contributed by atoms with E-state index in [1.165, 1.54) is 42.2 Å². The molecule has 26 heavy (non-hydrogen) atoms. The maximum absolute atomic E-state index is 12.9. The quantitative estimate of drug-likeness (QED) is 0.490. The molecule has 0 aromatic heterocycles. The summed E-state index contributed by atoms with van der Waals surface area (Å²) in [7, 11) is 0. The van der Waals surface area contributed by atoms with Gasteiger partial charge in [0, 0.05) is 6.04 Å². The zero-order valence-corrected chi connectivity index (χ0v) is 16.2. The van der Waals surface area contributed by atoms with Crippen LogP contribution in [0.3, 0.4) is 0 Å². The molecule has 0 atom stereocenters.